The van der Waals surface area contributed by atoms with Crippen molar-refractivity contribution in [2.24, 2.45) is 0 Å². The van der Waals surface area contributed by atoms with Crippen LogP contribution >= 0.6 is 11.6 Å². The standard InChI is InChI=1S/C25H29ClFN3O2/c1-3-5-6-9-16-29(23(31)17-26)22(4-2)24-28-21-11-8-7-10-20(21)25(32)30(24)19-14-12-18(27)13-15-19/h7-8,10-15,22H,3-6,9,16-17H2,1-2H3. The van der Waals surface area contributed by atoms with Crippen molar-refractivity contribution < 1.29 is 9.18 Å². The zero-order chi connectivity index (χ0) is 23.1. The maximum atomic E-state index is 13.6. The number of halogens is 2. The number of para-hydroxylation sites is 1. The van der Waals surface area contributed by atoms with E-state index >= 15 is 0 Å². The molecular formula is C25H29ClFN3O2. The van der Waals surface area contributed by atoms with Crippen LogP contribution in [0.4, 0.5) is 4.39 Å². The van der Waals surface area contributed by atoms with Crippen LogP contribution in [0.1, 0.15) is 57.8 Å². The second-order valence-electron chi connectivity index (χ2n) is 7.81. The van der Waals surface area contributed by atoms with Crippen molar-refractivity contribution >= 4 is 28.4 Å². The van der Waals surface area contributed by atoms with Crippen molar-refractivity contribution in [3.8, 4) is 5.69 Å². The molecule has 0 fully saturated rings. The summed E-state index contributed by atoms with van der Waals surface area (Å²) in [6.45, 7) is 4.63. The molecule has 3 rings (SSSR count). The first-order valence-corrected chi connectivity index (χ1v) is 11.7. The van der Waals surface area contributed by atoms with E-state index in [1.165, 1.54) is 16.7 Å². The molecule has 0 radical (unpaired) electrons. The van der Waals surface area contributed by atoms with Gasteiger partial charge >= 0.3 is 0 Å². The maximum absolute atomic E-state index is 13.6. The lowest BCUT2D eigenvalue weighted by Crippen LogP contribution is -2.39. The molecule has 0 spiro atoms. The van der Waals surface area contributed by atoms with E-state index in [1.54, 1.807) is 35.2 Å². The van der Waals surface area contributed by atoms with Crippen molar-refractivity contribution in [3.05, 3.63) is 70.5 Å². The second kappa shape index (κ2) is 11.2. The third-order valence-corrected chi connectivity index (χ3v) is 5.86. The molecule has 0 aliphatic carbocycles. The second-order valence-corrected chi connectivity index (χ2v) is 8.08. The smallest absolute Gasteiger partial charge is 0.266 e. The maximum Gasteiger partial charge on any atom is 0.266 e. The number of carbonyl (C=O) groups excluding carboxylic acids is 1. The zero-order valence-electron chi connectivity index (χ0n) is 18.6. The first-order chi connectivity index (χ1) is 15.5. The summed E-state index contributed by atoms with van der Waals surface area (Å²) in [5.74, 6) is -0.266. The normalized spacial score (nSPS) is 12.1. The fourth-order valence-corrected chi connectivity index (χ4v) is 4.15. The minimum absolute atomic E-state index is 0.140. The lowest BCUT2D eigenvalue weighted by atomic mass is 10.1. The molecule has 1 heterocycles. The highest BCUT2D eigenvalue weighted by Crippen LogP contribution is 2.27. The summed E-state index contributed by atoms with van der Waals surface area (Å²) in [4.78, 5) is 32.9. The summed E-state index contributed by atoms with van der Waals surface area (Å²) in [5.41, 5.74) is 0.820. The summed E-state index contributed by atoms with van der Waals surface area (Å²) in [6.07, 6.45) is 4.60. The topological polar surface area (TPSA) is 55.2 Å². The largest absolute Gasteiger partial charge is 0.331 e. The molecule has 1 amide bonds. The van der Waals surface area contributed by atoms with Crippen molar-refractivity contribution in [1.82, 2.24) is 14.5 Å². The molecular weight excluding hydrogens is 429 g/mol. The van der Waals surface area contributed by atoms with Crippen LogP contribution < -0.4 is 5.56 Å². The van der Waals surface area contributed by atoms with Crippen LogP contribution in [0.2, 0.25) is 0 Å². The van der Waals surface area contributed by atoms with Gasteiger partial charge in [-0.05, 0) is 49.2 Å². The number of hydrogen-bond acceptors (Lipinski definition) is 3. The number of carbonyl (C=O) groups is 1. The third kappa shape index (κ3) is 5.18. The molecule has 0 saturated heterocycles. The number of aromatic nitrogens is 2. The molecule has 2 aromatic carbocycles. The molecule has 1 aromatic heterocycles. The Bertz CT molecular complexity index is 1110. The summed E-state index contributed by atoms with van der Waals surface area (Å²) in [6, 6.07) is 12.4. The Hall–Kier alpha value is -2.73. The van der Waals surface area contributed by atoms with Crippen molar-refractivity contribution in [2.45, 2.75) is 52.0 Å². The van der Waals surface area contributed by atoms with Gasteiger partial charge < -0.3 is 4.90 Å². The van der Waals surface area contributed by atoms with E-state index in [9.17, 15) is 14.0 Å². The minimum Gasteiger partial charge on any atom is -0.331 e. The Balaban J connectivity index is 2.18. The molecule has 0 bridgehead atoms. The predicted octanol–water partition coefficient (Wildman–Crippen LogP) is 5.62. The van der Waals surface area contributed by atoms with E-state index in [2.05, 4.69) is 6.92 Å². The van der Waals surface area contributed by atoms with Crippen molar-refractivity contribution in [1.29, 1.82) is 0 Å². The van der Waals surface area contributed by atoms with Gasteiger partial charge in [0.2, 0.25) is 5.91 Å². The van der Waals surface area contributed by atoms with Crippen LogP contribution in [0.15, 0.2) is 53.3 Å². The lowest BCUT2D eigenvalue weighted by Gasteiger charge is -2.32. The Morgan fingerprint density at radius 3 is 2.47 bits per heavy atom. The highest BCUT2D eigenvalue weighted by molar-refractivity contribution is 6.27. The van der Waals surface area contributed by atoms with Crippen LogP contribution in [-0.4, -0.2) is 32.8 Å². The van der Waals surface area contributed by atoms with Gasteiger partial charge in [0.05, 0.1) is 22.6 Å². The Labute approximate surface area is 192 Å². The van der Waals surface area contributed by atoms with Gasteiger partial charge in [-0.15, -0.1) is 11.6 Å². The number of unbranched alkanes of at least 4 members (excludes halogenated alkanes) is 3. The molecule has 0 aliphatic rings. The van der Waals surface area contributed by atoms with Crippen LogP contribution in [0.5, 0.6) is 0 Å². The van der Waals surface area contributed by atoms with E-state index < -0.39 is 6.04 Å². The predicted molar refractivity (Wildman–Crippen MR) is 127 cm³/mol. The summed E-state index contributed by atoms with van der Waals surface area (Å²) >= 11 is 5.95. The Kier molecular flexibility index (Phi) is 8.39. The van der Waals surface area contributed by atoms with Gasteiger partial charge in [-0.2, -0.15) is 0 Å². The molecule has 0 saturated carbocycles. The van der Waals surface area contributed by atoms with Gasteiger partial charge in [0.1, 0.15) is 17.5 Å². The fourth-order valence-electron chi connectivity index (χ4n) is 4.00. The fraction of sp³-hybridized carbons (Fsp3) is 0.400. The monoisotopic (exact) mass is 457 g/mol. The summed E-state index contributed by atoms with van der Waals surface area (Å²) in [5, 5.41) is 0.466. The van der Waals surface area contributed by atoms with E-state index in [0.717, 1.165) is 25.7 Å². The summed E-state index contributed by atoms with van der Waals surface area (Å²) < 4.78 is 15.1. The number of benzene rings is 2. The molecule has 0 aliphatic heterocycles. The van der Waals surface area contributed by atoms with E-state index in [-0.39, 0.29) is 23.2 Å². The van der Waals surface area contributed by atoms with Gasteiger partial charge in [-0.3, -0.25) is 14.2 Å². The quantitative estimate of drug-likeness (QED) is 0.293. The van der Waals surface area contributed by atoms with E-state index in [0.29, 0.717) is 35.4 Å². The highest BCUT2D eigenvalue weighted by atomic mass is 35.5. The van der Waals surface area contributed by atoms with Gasteiger partial charge in [0.25, 0.3) is 5.56 Å². The third-order valence-electron chi connectivity index (χ3n) is 5.63. The van der Waals surface area contributed by atoms with Crippen LogP contribution in [-0.2, 0) is 4.79 Å². The zero-order valence-corrected chi connectivity index (χ0v) is 19.3. The van der Waals surface area contributed by atoms with Gasteiger partial charge in [-0.25, -0.2) is 9.37 Å². The van der Waals surface area contributed by atoms with E-state index in [1.807, 2.05) is 13.0 Å². The number of fused-ring (bicyclic) bond motifs is 1. The van der Waals surface area contributed by atoms with Gasteiger partial charge in [0.15, 0.2) is 0 Å². The molecule has 5 nitrogen and oxygen atoms in total. The summed E-state index contributed by atoms with van der Waals surface area (Å²) in [7, 11) is 0. The molecule has 1 unspecified atom stereocenters. The minimum atomic E-state index is -0.440. The van der Waals surface area contributed by atoms with E-state index in [4.69, 9.17) is 16.6 Å². The van der Waals surface area contributed by atoms with Crippen molar-refractivity contribution in [2.75, 3.05) is 12.4 Å². The van der Waals surface area contributed by atoms with Crippen LogP contribution in [0.3, 0.4) is 0 Å². The number of hydrogen-bond donors (Lipinski definition) is 0. The Morgan fingerprint density at radius 2 is 1.81 bits per heavy atom. The first-order valence-electron chi connectivity index (χ1n) is 11.1. The lowest BCUT2D eigenvalue weighted by molar-refractivity contribution is -0.131. The molecule has 0 N–H and O–H groups in total. The average molecular weight is 458 g/mol. The molecule has 1 atom stereocenters. The molecule has 7 heteroatoms. The highest BCUT2D eigenvalue weighted by Gasteiger charge is 2.28. The number of rotatable bonds is 10. The molecule has 32 heavy (non-hydrogen) atoms. The molecule has 170 valence electrons. The first kappa shape index (κ1) is 23.9. The van der Waals surface area contributed by atoms with Crippen LogP contribution in [0.25, 0.3) is 16.6 Å². The number of nitrogens with zero attached hydrogens (tertiary/aromatic N) is 3. The SMILES string of the molecule is CCCCCCN(C(=O)CCl)C(CC)c1nc2ccccc2c(=O)n1-c1ccc(F)cc1. The number of amides is 1. The average Bonchev–Trinajstić information content (AvgIpc) is 2.81. The van der Waals surface area contributed by atoms with Gasteiger partial charge in [-0.1, -0.05) is 45.2 Å². The van der Waals surface area contributed by atoms with Gasteiger partial charge in [0, 0.05) is 6.54 Å². The molecule has 3 aromatic rings. The van der Waals surface area contributed by atoms with Crippen molar-refractivity contribution in [3.63, 3.8) is 0 Å². The van der Waals surface area contributed by atoms with Crippen LogP contribution in [0, 0.1) is 5.82 Å². The Morgan fingerprint density at radius 1 is 1.09 bits per heavy atom. The number of alkyl halides is 1.